The van der Waals surface area contributed by atoms with Gasteiger partial charge in [0.25, 0.3) is 0 Å². The second-order valence-electron chi connectivity index (χ2n) is 1.99. The van der Waals surface area contributed by atoms with Crippen molar-refractivity contribution in [3.05, 3.63) is 12.2 Å². The van der Waals surface area contributed by atoms with Gasteiger partial charge in [-0.3, -0.25) is 4.79 Å². The normalized spacial score (nSPS) is 8.45. The minimum absolute atomic E-state index is 0.185. The third-order valence-electron chi connectivity index (χ3n) is 0.911. The van der Waals surface area contributed by atoms with Gasteiger partial charge in [-0.2, -0.15) is 0 Å². The monoisotopic (exact) mass is 157 g/mol. The van der Waals surface area contributed by atoms with Crippen molar-refractivity contribution >= 4 is 12.4 Å². The molecule has 11 heavy (non-hydrogen) atoms. The summed E-state index contributed by atoms with van der Waals surface area (Å²) in [4.78, 5) is 20.4. The Kier molecular flexibility index (Phi) is 4.81. The van der Waals surface area contributed by atoms with E-state index in [9.17, 15) is 9.59 Å². The minimum Gasteiger partial charge on any atom is -0.460 e. The molecule has 0 unspecified atom stereocenters. The van der Waals surface area contributed by atoms with Crippen LogP contribution in [0, 0.1) is 0 Å². The number of hydrogen-bond acceptors (Lipinski definition) is 3. The lowest BCUT2D eigenvalue weighted by atomic mass is 10.4. The smallest absolute Gasteiger partial charge is 0.333 e. The van der Waals surface area contributed by atoms with E-state index < -0.39 is 5.97 Å². The van der Waals surface area contributed by atoms with Gasteiger partial charge in [-0.15, -0.1) is 0 Å². The first-order valence-electron chi connectivity index (χ1n) is 3.18. The number of hydrogen-bond donors (Lipinski definition) is 1. The molecule has 0 fully saturated rings. The molecule has 1 N–H and O–H groups in total. The molecule has 0 bridgehead atoms. The number of esters is 1. The third kappa shape index (κ3) is 5.14. The van der Waals surface area contributed by atoms with Crippen LogP contribution in [0.25, 0.3) is 0 Å². The fourth-order valence-corrected chi connectivity index (χ4v) is 0.385. The highest BCUT2D eigenvalue weighted by Gasteiger charge is 2.00. The average Bonchev–Trinajstić information content (AvgIpc) is 1.97. The molecule has 0 rings (SSSR count). The first kappa shape index (κ1) is 9.68. The van der Waals surface area contributed by atoms with Crippen LogP contribution in [0.3, 0.4) is 0 Å². The zero-order valence-electron chi connectivity index (χ0n) is 6.42. The number of carbonyl (C=O) groups is 2. The van der Waals surface area contributed by atoms with Gasteiger partial charge in [0.05, 0.1) is 6.54 Å². The largest absolute Gasteiger partial charge is 0.460 e. The van der Waals surface area contributed by atoms with Crippen molar-refractivity contribution in [3.8, 4) is 0 Å². The molecule has 4 nitrogen and oxygen atoms in total. The molecule has 0 aliphatic heterocycles. The number of carbonyl (C=O) groups excluding carboxylic acids is 2. The maximum absolute atomic E-state index is 10.7. The van der Waals surface area contributed by atoms with Crippen LogP contribution in [0.5, 0.6) is 0 Å². The van der Waals surface area contributed by atoms with Crippen molar-refractivity contribution in [2.24, 2.45) is 0 Å². The highest BCUT2D eigenvalue weighted by atomic mass is 16.5. The Morgan fingerprint density at radius 2 is 2.36 bits per heavy atom. The van der Waals surface area contributed by atoms with Gasteiger partial charge in [-0.25, -0.2) is 4.79 Å². The van der Waals surface area contributed by atoms with Crippen LogP contribution in [0.15, 0.2) is 12.2 Å². The van der Waals surface area contributed by atoms with E-state index in [4.69, 9.17) is 0 Å². The average molecular weight is 157 g/mol. The summed E-state index contributed by atoms with van der Waals surface area (Å²) >= 11 is 0. The minimum atomic E-state index is -0.433. The summed E-state index contributed by atoms with van der Waals surface area (Å²) in [5.74, 6) is -0.433. The molecule has 0 radical (unpaired) electrons. The standard InChI is InChI=1S/C7H11NO3/c1-6(2)7(10)11-4-3-8-5-9/h5H,1,3-4H2,2H3,(H,8,9). The zero-order chi connectivity index (χ0) is 8.69. The second-order valence-corrected chi connectivity index (χ2v) is 1.99. The van der Waals surface area contributed by atoms with Crippen LogP contribution in [-0.4, -0.2) is 25.5 Å². The predicted molar refractivity (Wildman–Crippen MR) is 39.8 cm³/mol. The van der Waals surface area contributed by atoms with Gasteiger partial charge in [0.15, 0.2) is 0 Å². The van der Waals surface area contributed by atoms with Gasteiger partial charge in [-0.05, 0) is 6.92 Å². The molecule has 0 atom stereocenters. The molecule has 62 valence electrons. The Balaban J connectivity index is 3.31. The summed E-state index contributed by atoms with van der Waals surface area (Å²) in [7, 11) is 0. The molecule has 0 aliphatic carbocycles. The summed E-state index contributed by atoms with van der Waals surface area (Å²) in [6.07, 6.45) is 0.550. The number of nitrogens with one attached hydrogen (secondary N) is 1. The van der Waals surface area contributed by atoms with E-state index in [0.29, 0.717) is 18.5 Å². The molecule has 0 heterocycles. The van der Waals surface area contributed by atoms with Crippen LogP contribution >= 0.6 is 0 Å². The van der Waals surface area contributed by atoms with E-state index in [1.807, 2.05) is 0 Å². The molecule has 0 aromatic carbocycles. The Hall–Kier alpha value is -1.32. The van der Waals surface area contributed by atoms with Crippen LogP contribution in [0.1, 0.15) is 6.92 Å². The molecule has 0 saturated heterocycles. The highest BCUT2D eigenvalue weighted by molar-refractivity contribution is 5.86. The molecule has 0 aromatic heterocycles. The Labute approximate surface area is 65.2 Å². The summed E-state index contributed by atoms with van der Waals surface area (Å²) < 4.78 is 4.65. The van der Waals surface area contributed by atoms with E-state index in [1.165, 1.54) is 0 Å². The van der Waals surface area contributed by atoms with E-state index in [-0.39, 0.29) is 6.61 Å². The molecule has 0 spiro atoms. The van der Waals surface area contributed by atoms with Crippen molar-refractivity contribution in [1.29, 1.82) is 0 Å². The number of ether oxygens (including phenoxy) is 1. The van der Waals surface area contributed by atoms with Crippen LogP contribution < -0.4 is 5.32 Å². The van der Waals surface area contributed by atoms with Crippen molar-refractivity contribution in [1.82, 2.24) is 5.32 Å². The molecule has 0 aromatic rings. The summed E-state index contributed by atoms with van der Waals surface area (Å²) in [5.41, 5.74) is 0.358. The van der Waals surface area contributed by atoms with Crippen LogP contribution in [-0.2, 0) is 14.3 Å². The van der Waals surface area contributed by atoms with Crippen LogP contribution in [0.4, 0.5) is 0 Å². The van der Waals surface area contributed by atoms with Crippen molar-refractivity contribution in [2.45, 2.75) is 6.92 Å². The topological polar surface area (TPSA) is 55.4 Å². The molecule has 0 aliphatic rings. The summed E-state index contributed by atoms with van der Waals surface area (Å²) in [5, 5.41) is 2.36. The number of rotatable bonds is 5. The van der Waals surface area contributed by atoms with Crippen LogP contribution in [0.2, 0.25) is 0 Å². The predicted octanol–water partition coefficient (Wildman–Crippen LogP) is -0.148. The van der Waals surface area contributed by atoms with Crippen molar-refractivity contribution in [2.75, 3.05) is 13.2 Å². The second kappa shape index (κ2) is 5.46. The molecular weight excluding hydrogens is 146 g/mol. The first-order valence-corrected chi connectivity index (χ1v) is 3.18. The molecule has 4 heteroatoms. The SMILES string of the molecule is C=C(C)C(=O)OCCNC=O. The quantitative estimate of drug-likeness (QED) is 0.261. The number of amides is 1. The Morgan fingerprint density at radius 1 is 1.73 bits per heavy atom. The lowest BCUT2D eigenvalue weighted by Crippen LogP contribution is -2.19. The highest BCUT2D eigenvalue weighted by Crippen LogP contribution is 1.89. The summed E-state index contributed by atoms with van der Waals surface area (Å²) in [6.45, 7) is 5.48. The maximum Gasteiger partial charge on any atom is 0.333 e. The van der Waals surface area contributed by atoms with Gasteiger partial charge < -0.3 is 10.1 Å². The van der Waals surface area contributed by atoms with Gasteiger partial charge in [0.2, 0.25) is 6.41 Å². The van der Waals surface area contributed by atoms with Gasteiger partial charge in [-0.1, -0.05) is 6.58 Å². The van der Waals surface area contributed by atoms with Crippen molar-refractivity contribution < 1.29 is 14.3 Å². The summed E-state index contributed by atoms with van der Waals surface area (Å²) in [6, 6.07) is 0. The maximum atomic E-state index is 10.7. The van der Waals surface area contributed by atoms with Gasteiger partial charge in [0.1, 0.15) is 6.61 Å². The van der Waals surface area contributed by atoms with E-state index in [2.05, 4.69) is 16.6 Å². The Morgan fingerprint density at radius 3 is 2.82 bits per heavy atom. The fraction of sp³-hybridized carbons (Fsp3) is 0.429. The fourth-order valence-electron chi connectivity index (χ4n) is 0.385. The molecular formula is C7H11NO3. The lowest BCUT2D eigenvalue weighted by molar-refractivity contribution is -0.139. The van der Waals surface area contributed by atoms with Gasteiger partial charge >= 0.3 is 5.97 Å². The van der Waals surface area contributed by atoms with Crippen molar-refractivity contribution in [3.63, 3.8) is 0 Å². The first-order chi connectivity index (χ1) is 5.18. The lowest BCUT2D eigenvalue weighted by Gasteiger charge is -2.02. The molecule has 0 saturated carbocycles. The third-order valence-corrected chi connectivity index (χ3v) is 0.911. The van der Waals surface area contributed by atoms with Gasteiger partial charge in [0, 0.05) is 5.57 Å². The molecule has 1 amide bonds. The van der Waals surface area contributed by atoms with E-state index >= 15 is 0 Å². The van der Waals surface area contributed by atoms with E-state index in [1.54, 1.807) is 6.92 Å². The Bertz CT molecular complexity index is 165. The zero-order valence-corrected chi connectivity index (χ0v) is 6.42. The van der Waals surface area contributed by atoms with E-state index in [0.717, 1.165) is 0 Å².